The van der Waals surface area contributed by atoms with Crippen molar-refractivity contribution in [1.82, 2.24) is 10.6 Å². The fourth-order valence-corrected chi connectivity index (χ4v) is 4.83. The van der Waals surface area contributed by atoms with Gasteiger partial charge < -0.3 is 21.3 Å². The second kappa shape index (κ2) is 10.2. The first-order valence-electron chi connectivity index (χ1n) is 10.9. The van der Waals surface area contributed by atoms with Gasteiger partial charge in [-0.25, -0.2) is 22.7 Å². The lowest BCUT2D eigenvalue weighted by molar-refractivity contribution is -0.121. The number of rotatable bonds is 6. The molecule has 6 N–H and O–H groups in total. The zero-order chi connectivity index (χ0) is 25.9. The van der Waals surface area contributed by atoms with Gasteiger partial charge in [-0.2, -0.15) is 0 Å². The van der Waals surface area contributed by atoms with Crippen molar-refractivity contribution in [3.63, 3.8) is 0 Å². The third-order valence-electron chi connectivity index (χ3n) is 5.77. The Bertz CT molecular complexity index is 1410. The van der Waals surface area contributed by atoms with Gasteiger partial charge in [0.05, 0.1) is 10.6 Å². The number of halogens is 2. The summed E-state index contributed by atoms with van der Waals surface area (Å²) in [6.07, 6.45) is 0.286. The van der Waals surface area contributed by atoms with Gasteiger partial charge in [-0.15, -0.1) is 0 Å². The van der Waals surface area contributed by atoms with Gasteiger partial charge in [0.2, 0.25) is 10.0 Å². The zero-order valence-electron chi connectivity index (χ0n) is 18.8. The summed E-state index contributed by atoms with van der Waals surface area (Å²) < 4.78 is 38.8. The summed E-state index contributed by atoms with van der Waals surface area (Å²) in [6, 6.07) is 15.7. The van der Waals surface area contributed by atoms with Gasteiger partial charge in [-0.3, -0.25) is 4.79 Å². The number of benzene rings is 3. The number of amides is 3. The molecular weight excluding hydrogens is 509 g/mol. The molecule has 3 aromatic rings. The fraction of sp³-hybridized carbons (Fsp3) is 0.167. The highest BCUT2D eigenvalue weighted by atomic mass is 35.5. The van der Waals surface area contributed by atoms with Gasteiger partial charge in [0.25, 0.3) is 5.91 Å². The highest BCUT2D eigenvalue weighted by molar-refractivity contribution is 7.89. The van der Waals surface area contributed by atoms with Crippen molar-refractivity contribution in [3.8, 4) is 11.1 Å². The lowest BCUT2D eigenvalue weighted by Gasteiger charge is -2.28. The fourth-order valence-electron chi connectivity index (χ4n) is 3.94. The van der Waals surface area contributed by atoms with E-state index < -0.39 is 33.3 Å². The molecule has 0 radical (unpaired) electrons. The summed E-state index contributed by atoms with van der Waals surface area (Å²) in [6.45, 7) is 0.620. The van der Waals surface area contributed by atoms with Crippen LogP contribution in [-0.4, -0.2) is 39.0 Å². The van der Waals surface area contributed by atoms with Crippen molar-refractivity contribution in [2.45, 2.75) is 16.9 Å². The average molecular weight is 532 g/mol. The molecule has 0 aliphatic carbocycles. The summed E-state index contributed by atoms with van der Waals surface area (Å²) >= 11 is 5.86. The van der Waals surface area contributed by atoms with Crippen LogP contribution in [0.3, 0.4) is 0 Å². The first-order chi connectivity index (χ1) is 17.1. The molecule has 0 aromatic heterocycles. The van der Waals surface area contributed by atoms with E-state index >= 15 is 0 Å². The van der Waals surface area contributed by atoms with E-state index in [-0.39, 0.29) is 34.7 Å². The van der Waals surface area contributed by atoms with Crippen LogP contribution >= 0.6 is 11.6 Å². The van der Waals surface area contributed by atoms with E-state index in [1.54, 1.807) is 30.3 Å². The molecule has 9 nitrogen and oxygen atoms in total. The standard InChI is InChI=1S/C24H23ClFN5O4S/c25-16-6-8-17(9-7-16)29-23(33)31-24(11-12-28-14-24)22(32)30-20-10-5-15(13-19(20)26)18-3-1-2-4-21(18)36(27,34)35/h1-10,13,28H,11-12,14H2,(H,30,32)(H2,27,34,35)(H2,29,31,33). The van der Waals surface area contributed by atoms with Crippen molar-refractivity contribution in [3.05, 3.63) is 77.6 Å². The molecule has 3 amide bonds. The number of nitrogens with two attached hydrogens (primary N) is 1. The van der Waals surface area contributed by atoms with E-state index in [0.717, 1.165) is 6.07 Å². The Balaban J connectivity index is 1.52. The Morgan fingerprint density at radius 2 is 1.75 bits per heavy atom. The van der Waals surface area contributed by atoms with Crippen LogP contribution in [-0.2, 0) is 14.8 Å². The number of primary sulfonamides is 1. The quantitative estimate of drug-likeness (QED) is 0.332. The van der Waals surface area contributed by atoms with Crippen molar-refractivity contribution in [2.75, 3.05) is 23.7 Å². The summed E-state index contributed by atoms with van der Waals surface area (Å²) in [5.74, 6) is -1.38. The van der Waals surface area contributed by atoms with E-state index in [4.69, 9.17) is 16.7 Å². The molecule has 12 heteroatoms. The maximum Gasteiger partial charge on any atom is 0.320 e. The molecule has 1 atom stereocenters. The van der Waals surface area contributed by atoms with E-state index in [0.29, 0.717) is 17.3 Å². The maximum atomic E-state index is 15.0. The molecule has 1 fully saturated rings. The molecule has 4 rings (SSSR count). The molecule has 0 bridgehead atoms. The molecule has 1 heterocycles. The Morgan fingerprint density at radius 1 is 1.03 bits per heavy atom. The molecule has 0 spiro atoms. The topological polar surface area (TPSA) is 142 Å². The molecular formula is C24H23ClFN5O4S. The van der Waals surface area contributed by atoms with Gasteiger partial charge in [0.15, 0.2) is 0 Å². The molecule has 1 aliphatic heterocycles. The van der Waals surface area contributed by atoms with E-state index in [9.17, 15) is 22.4 Å². The first kappa shape index (κ1) is 25.6. The van der Waals surface area contributed by atoms with E-state index in [1.165, 1.54) is 30.3 Å². The number of carbonyl (C=O) groups is 2. The SMILES string of the molecule is NS(=O)(=O)c1ccccc1-c1ccc(NC(=O)C2(NC(=O)Nc3ccc(Cl)cc3)CCNC2)c(F)c1. The van der Waals surface area contributed by atoms with Crippen LogP contribution in [0.2, 0.25) is 5.02 Å². The van der Waals surface area contributed by atoms with Gasteiger partial charge in [0.1, 0.15) is 11.4 Å². The van der Waals surface area contributed by atoms with Crippen LogP contribution in [0.5, 0.6) is 0 Å². The van der Waals surface area contributed by atoms with Gasteiger partial charge in [-0.05, 0) is 61.0 Å². The Morgan fingerprint density at radius 3 is 2.39 bits per heavy atom. The summed E-state index contributed by atoms with van der Waals surface area (Å²) in [7, 11) is -4.03. The second-order valence-electron chi connectivity index (χ2n) is 8.28. The predicted octanol–water partition coefficient (Wildman–Crippen LogP) is 3.29. The smallest absolute Gasteiger partial charge is 0.320 e. The van der Waals surface area contributed by atoms with Crippen LogP contribution in [0.4, 0.5) is 20.6 Å². The van der Waals surface area contributed by atoms with E-state index in [1.807, 2.05) is 0 Å². The highest BCUT2D eigenvalue weighted by Crippen LogP contribution is 2.30. The summed E-state index contributed by atoms with van der Waals surface area (Å²) in [4.78, 5) is 25.6. The average Bonchev–Trinajstić information content (AvgIpc) is 3.31. The molecule has 3 aromatic carbocycles. The highest BCUT2D eigenvalue weighted by Gasteiger charge is 2.43. The molecule has 188 valence electrons. The summed E-state index contributed by atoms with van der Waals surface area (Å²) in [5.41, 5.74) is -0.452. The monoisotopic (exact) mass is 531 g/mol. The zero-order valence-corrected chi connectivity index (χ0v) is 20.4. The number of urea groups is 1. The summed E-state index contributed by atoms with van der Waals surface area (Å²) in [5, 5.41) is 16.7. The molecule has 36 heavy (non-hydrogen) atoms. The third-order valence-corrected chi connectivity index (χ3v) is 6.99. The molecule has 0 saturated carbocycles. The van der Waals surface area contributed by atoms with Gasteiger partial charge in [0, 0.05) is 22.8 Å². The van der Waals surface area contributed by atoms with Crippen molar-refractivity contribution >= 4 is 44.9 Å². The Kier molecular flexibility index (Phi) is 7.27. The first-order valence-corrected chi connectivity index (χ1v) is 12.8. The molecule has 1 saturated heterocycles. The van der Waals surface area contributed by atoms with Crippen LogP contribution in [0.15, 0.2) is 71.6 Å². The minimum atomic E-state index is -4.03. The number of hydrogen-bond acceptors (Lipinski definition) is 5. The van der Waals surface area contributed by atoms with Crippen molar-refractivity contribution < 1.29 is 22.4 Å². The largest absolute Gasteiger partial charge is 0.322 e. The second-order valence-corrected chi connectivity index (χ2v) is 10.3. The van der Waals surface area contributed by atoms with Crippen LogP contribution < -0.4 is 26.4 Å². The normalized spacial score (nSPS) is 17.4. The lowest BCUT2D eigenvalue weighted by atomic mass is 9.97. The number of nitrogens with one attached hydrogen (secondary N) is 4. The van der Waals surface area contributed by atoms with Crippen molar-refractivity contribution in [2.24, 2.45) is 5.14 Å². The Labute approximate surface area is 212 Å². The number of anilines is 2. The van der Waals surface area contributed by atoms with Crippen molar-refractivity contribution in [1.29, 1.82) is 0 Å². The number of sulfonamides is 1. The minimum absolute atomic E-state index is 0.122. The number of hydrogen-bond donors (Lipinski definition) is 5. The third kappa shape index (κ3) is 5.65. The number of carbonyl (C=O) groups excluding carboxylic acids is 2. The minimum Gasteiger partial charge on any atom is -0.322 e. The molecule has 1 aliphatic rings. The maximum absolute atomic E-state index is 15.0. The van der Waals surface area contributed by atoms with Gasteiger partial charge >= 0.3 is 6.03 Å². The van der Waals surface area contributed by atoms with Crippen LogP contribution in [0.1, 0.15) is 6.42 Å². The van der Waals surface area contributed by atoms with Crippen LogP contribution in [0, 0.1) is 5.82 Å². The Hall–Kier alpha value is -3.51. The predicted molar refractivity (Wildman–Crippen MR) is 136 cm³/mol. The van der Waals surface area contributed by atoms with Gasteiger partial charge in [-0.1, -0.05) is 35.9 Å². The molecule has 1 unspecified atom stereocenters. The van der Waals surface area contributed by atoms with Crippen LogP contribution in [0.25, 0.3) is 11.1 Å². The van der Waals surface area contributed by atoms with E-state index in [2.05, 4.69) is 21.3 Å². The lowest BCUT2D eigenvalue weighted by Crippen LogP contribution is -2.59.